The van der Waals surface area contributed by atoms with E-state index in [-0.39, 0.29) is 0 Å². The number of nitrogens with one attached hydrogen (secondary N) is 2. The predicted octanol–water partition coefficient (Wildman–Crippen LogP) is 4.33. The molecular formula is C20H18ClFN2O2. The second-order valence-corrected chi connectivity index (χ2v) is 6.46. The van der Waals surface area contributed by atoms with Gasteiger partial charge in [-0.1, -0.05) is 41.9 Å². The highest BCUT2D eigenvalue weighted by molar-refractivity contribution is 6.30. The summed E-state index contributed by atoms with van der Waals surface area (Å²) < 4.78 is 14.0. The zero-order valence-corrected chi connectivity index (χ0v) is 14.8. The van der Waals surface area contributed by atoms with Crippen LogP contribution in [0.2, 0.25) is 5.02 Å². The molecule has 2 aromatic carbocycles. The first-order valence-corrected chi connectivity index (χ1v) is 8.51. The van der Waals surface area contributed by atoms with Crippen molar-refractivity contribution in [1.29, 1.82) is 0 Å². The lowest BCUT2D eigenvalue weighted by molar-refractivity contribution is 0.0853. The maximum Gasteiger partial charge on any atom is 0.253 e. The van der Waals surface area contributed by atoms with Crippen LogP contribution < -0.4 is 5.32 Å². The Morgan fingerprint density at radius 2 is 1.92 bits per heavy atom. The van der Waals surface area contributed by atoms with Gasteiger partial charge in [0.2, 0.25) is 0 Å². The van der Waals surface area contributed by atoms with Crippen LogP contribution in [0.3, 0.4) is 0 Å². The van der Waals surface area contributed by atoms with Gasteiger partial charge in [-0.05, 0) is 30.7 Å². The van der Waals surface area contributed by atoms with Gasteiger partial charge in [-0.15, -0.1) is 0 Å². The van der Waals surface area contributed by atoms with Crippen molar-refractivity contribution in [1.82, 2.24) is 10.3 Å². The minimum Gasteiger partial charge on any atom is -0.386 e. The fourth-order valence-electron chi connectivity index (χ4n) is 2.80. The molecule has 0 spiro atoms. The SMILES string of the molecule is CC(NC(=O)c1c[nH]cc1-c1ccccc1F)C(O)c1cccc(Cl)c1. The van der Waals surface area contributed by atoms with E-state index in [1.807, 2.05) is 0 Å². The summed E-state index contributed by atoms with van der Waals surface area (Å²) in [7, 11) is 0. The van der Waals surface area contributed by atoms with E-state index in [4.69, 9.17) is 11.6 Å². The molecule has 0 saturated carbocycles. The van der Waals surface area contributed by atoms with Crippen molar-refractivity contribution in [3.63, 3.8) is 0 Å². The average molecular weight is 373 g/mol. The molecule has 0 aliphatic carbocycles. The van der Waals surface area contributed by atoms with Crippen molar-refractivity contribution in [2.45, 2.75) is 19.1 Å². The molecule has 0 aliphatic heterocycles. The summed E-state index contributed by atoms with van der Waals surface area (Å²) in [6, 6.07) is 12.5. The smallest absolute Gasteiger partial charge is 0.253 e. The van der Waals surface area contributed by atoms with Crippen LogP contribution in [0.5, 0.6) is 0 Å². The van der Waals surface area contributed by atoms with Gasteiger partial charge in [-0.2, -0.15) is 0 Å². The molecule has 134 valence electrons. The van der Waals surface area contributed by atoms with E-state index in [1.54, 1.807) is 55.6 Å². The fourth-order valence-corrected chi connectivity index (χ4v) is 3.00. The van der Waals surface area contributed by atoms with Gasteiger partial charge >= 0.3 is 0 Å². The Morgan fingerprint density at radius 3 is 2.65 bits per heavy atom. The monoisotopic (exact) mass is 372 g/mol. The third-order valence-corrected chi connectivity index (χ3v) is 4.41. The van der Waals surface area contributed by atoms with Crippen LogP contribution >= 0.6 is 11.6 Å². The van der Waals surface area contributed by atoms with Crippen LogP contribution in [-0.4, -0.2) is 22.0 Å². The summed E-state index contributed by atoms with van der Waals surface area (Å²) in [5, 5.41) is 13.7. The number of aliphatic hydroxyl groups is 1. The number of aromatic nitrogens is 1. The highest BCUT2D eigenvalue weighted by atomic mass is 35.5. The summed E-state index contributed by atoms with van der Waals surface area (Å²) >= 11 is 5.95. The molecule has 2 unspecified atom stereocenters. The lowest BCUT2D eigenvalue weighted by Crippen LogP contribution is -2.37. The zero-order valence-electron chi connectivity index (χ0n) is 14.0. The van der Waals surface area contributed by atoms with Crippen LogP contribution in [0.4, 0.5) is 4.39 Å². The molecule has 0 saturated heterocycles. The molecule has 0 radical (unpaired) electrons. The third kappa shape index (κ3) is 3.79. The number of hydrogen-bond acceptors (Lipinski definition) is 2. The topological polar surface area (TPSA) is 65.1 Å². The van der Waals surface area contributed by atoms with Crippen LogP contribution in [0.1, 0.15) is 28.9 Å². The number of H-pyrrole nitrogens is 1. The first kappa shape index (κ1) is 18.2. The Bertz CT molecular complexity index is 925. The van der Waals surface area contributed by atoms with Gasteiger partial charge in [0.1, 0.15) is 5.82 Å². The van der Waals surface area contributed by atoms with E-state index in [0.29, 0.717) is 27.3 Å². The normalized spacial score (nSPS) is 13.2. The Labute approximate surface area is 155 Å². The number of rotatable bonds is 5. The highest BCUT2D eigenvalue weighted by Crippen LogP contribution is 2.27. The van der Waals surface area contributed by atoms with Crippen molar-refractivity contribution in [3.8, 4) is 11.1 Å². The second-order valence-electron chi connectivity index (χ2n) is 6.02. The van der Waals surface area contributed by atoms with Crippen LogP contribution in [0.15, 0.2) is 60.9 Å². The summed E-state index contributed by atoms with van der Waals surface area (Å²) in [6.45, 7) is 1.69. The van der Waals surface area contributed by atoms with Crippen LogP contribution in [0, 0.1) is 5.82 Å². The maximum atomic E-state index is 14.0. The third-order valence-electron chi connectivity index (χ3n) is 4.18. The molecule has 0 fully saturated rings. The zero-order chi connectivity index (χ0) is 18.7. The second kappa shape index (κ2) is 7.72. The average Bonchev–Trinajstić information content (AvgIpc) is 3.11. The highest BCUT2D eigenvalue weighted by Gasteiger charge is 2.22. The minimum absolute atomic E-state index is 0.306. The molecule has 0 aliphatic rings. The van der Waals surface area contributed by atoms with E-state index >= 15 is 0 Å². The molecule has 4 nitrogen and oxygen atoms in total. The van der Waals surface area contributed by atoms with Gasteiger partial charge in [-0.25, -0.2) is 4.39 Å². The number of carbonyl (C=O) groups excluding carboxylic acids is 1. The molecule has 3 rings (SSSR count). The Morgan fingerprint density at radius 1 is 1.15 bits per heavy atom. The molecule has 0 bridgehead atoms. The van der Waals surface area contributed by atoms with Gasteiger partial charge in [0.25, 0.3) is 5.91 Å². The summed E-state index contributed by atoms with van der Waals surface area (Å²) in [4.78, 5) is 15.5. The van der Waals surface area contributed by atoms with Gasteiger partial charge in [0.05, 0.1) is 17.7 Å². The van der Waals surface area contributed by atoms with E-state index in [1.165, 1.54) is 12.3 Å². The van der Waals surface area contributed by atoms with E-state index in [0.717, 1.165) is 0 Å². The lowest BCUT2D eigenvalue weighted by Gasteiger charge is -2.21. The lowest BCUT2D eigenvalue weighted by atomic mass is 10.0. The summed E-state index contributed by atoms with van der Waals surface area (Å²) in [6.07, 6.45) is 2.16. The molecule has 1 heterocycles. The molecule has 6 heteroatoms. The molecule has 1 aromatic heterocycles. The molecule has 1 amide bonds. The summed E-state index contributed by atoms with van der Waals surface area (Å²) in [5.41, 5.74) is 1.71. The van der Waals surface area contributed by atoms with Crippen molar-refractivity contribution >= 4 is 17.5 Å². The molecule has 2 atom stereocenters. The largest absolute Gasteiger partial charge is 0.386 e. The summed E-state index contributed by atoms with van der Waals surface area (Å²) in [5.74, 6) is -0.814. The van der Waals surface area contributed by atoms with Crippen LogP contribution in [0.25, 0.3) is 11.1 Å². The van der Waals surface area contributed by atoms with Gasteiger partial charge in [0, 0.05) is 28.5 Å². The Hall–Kier alpha value is -2.63. The van der Waals surface area contributed by atoms with Crippen LogP contribution in [-0.2, 0) is 0 Å². The number of aromatic amines is 1. The standard InChI is InChI=1S/C20H18ClFN2O2/c1-12(19(25)13-5-4-6-14(21)9-13)24-20(26)17-11-23-10-16(17)15-7-2-3-8-18(15)22/h2-12,19,23,25H,1H3,(H,24,26). The molecule has 3 N–H and O–H groups in total. The Balaban J connectivity index is 1.79. The number of halogens is 2. The van der Waals surface area contributed by atoms with E-state index in [2.05, 4.69) is 10.3 Å². The quantitative estimate of drug-likeness (QED) is 0.624. The first-order valence-electron chi connectivity index (χ1n) is 8.13. The van der Waals surface area contributed by atoms with Gasteiger partial charge in [0.15, 0.2) is 0 Å². The molecule has 3 aromatic rings. The number of aliphatic hydroxyl groups excluding tert-OH is 1. The number of carbonyl (C=O) groups is 1. The van der Waals surface area contributed by atoms with Crippen molar-refractivity contribution in [2.75, 3.05) is 0 Å². The van der Waals surface area contributed by atoms with E-state index < -0.39 is 23.9 Å². The molecular weight excluding hydrogens is 355 g/mol. The number of amides is 1. The number of benzene rings is 2. The van der Waals surface area contributed by atoms with E-state index in [9.17, 15) is 14.3 Å². The fraction of sp³-hybridized carbons (Fsp3) is 0.150. The minimum atomic E-state index is -0.923. The molecule has 26 heavy (non-hydrogen) atoms. The Kier molecular flexibility index (Phi) is 5.40. The number of hydrogen-bond donors (Lipinski definition) is 3. The first-order chi connectivity index (χ1) is 12.5. The van der Waals surface area contributed by atoms with Gasteiger partial charge < -0.3 is 15.4 Å². The van der Waals surface area contributed by atoms with Crippen molar-refractivity contribution in [3.05, 3.63) is 82.9 Å². The maximum absolute atomic E-state index is 14.0. The predicted molar refractivity (Wildman–Crippen MR) is 99.5 cm³/mol. The van der Waals surface area contributed by atoms with Gasteiger partial charge in [-0.3, -0.25) is 4.79 Å². The van der Waals surface area contributed by atoms with Crippen molar-refractivity contribution < 1.29 is 14.3 Å². The van der Waals surface area contributed by atoms with Crippen molar-refractivity contribution in [2.24, 2.45) is 0 Å².